The molecule has 0 aliphatic carbocycles. The van der Waals surface area contributed by atoms with Crippen LogP contribution in [0.3, 0.4) is 0 Å². The van der Waals surface area contributed by atoms with Gasteiger partial charge < -0.3 is 10.1 Å². The molecule has 0 spiro atoms. The highest BCUT2D eigenvalue weighted by atomic mass is 32.1. The fraction of sp³-hybridized carbons (Fsp3) is 0.556. The second kappa shape index (κ2) is 7.39. The van der Waals surface area contributed by atoms with Crippen LogP contribution in [0.1, 0.15) is 49.9 Å². The number of ether oxygens (including phenoxy) is 1. The first-order valence-corrected chi connectivity index (χ1v) is 9.02. The quantitative estimate of drug-likeness (QED) is 0.785. The van der Waals surface area contributed by atoms with Crippen molar-refractivity contribution < 1.29 is 4.74 Å². The molecule has 1 aromatic carbocycles. The molecule has 1 saturated heterocycles. The zero-order valence-electron chi connectivity index (χ0n) is 12.8. The smallest absolute Gasteiger partial charge is 0.0576 e. The second-order valence-corrected chi connectivity index (χ2v) is 7.02. The third-order valence-electron chi connectivity index (χ3n) is 4.23. The van der Waals surface area contributed by atoms with Gasteiger partial charge in [-0.05, 0) is 56.2 Å². The first kappa shape index (κ1) is 15.0. The van der Waals surface area contributed by atoms with Crippen molar-refractivity contribution in [3.8, 4) is 0 Å². The Hall–Kier alpha value is -0.900. The fourth-order valence-electron chi connectivity index (χ4n) is 3.06. The molecule has 3 rings (SSSR count). The molecule has 1 N–H and O–H groups in total. The summed E-state index contributed by atoms with van der Waals surface area (Å²) in [6, 6.07) is 11.5. The Morgan fingerprint density at radius 1 is 1.38 bits per heavy atom. The molecule has 2 atom stereocenters. The Balaban J connectivity index is 1.70. The molecule has 0 amide bonds. The molecule has 1 fully saturated rings. The van der Waals surface area contributed by atoms with Crippen LogP contribution in [0, 0.1) is 0 Å². The highest BCUT2D eigenvalue weighted by Gasteiger charge is 2.19. The maximum absolute atomic E-state index is 5.78. The van der Waals surface area contributed by atoms with Crippen LogP contribution in [-0.4, -0.2) is 19.3 Å². The summed E-state index contributed by atoms with van der Waals surface area (Å²) >= 11 is 1.93. The molecular weight excluding hydrogens is 278 g/mol. The number of hydrogen-bond donors (Lipinski definition) is 1. The zero-order chi connectivity index (χ0) is 14.5. The van der Waals surface area contributed by atoms with Crippen LogP contribution in [0.25, 0.3) is 10.1 Å². The Bertz CT molecular complexity index is 526. The molecule has 1 aliphatic heterocycles. The summed E-state index contributed by atoms with van der Waals surface area (Å²) in [7, 11) is 0. The van der Waals surface area contributed by atoms with E-state index < -0.39 is 0 Å². The molecule has 2 aromatic rings. The van der Waals surface area contributed by atoms with Crippen LogP contribution in [-0.2, 0) is 4.74 Å². The molecule has 2 unspecified atom stereocenters. The van der Waals surface area contributed by atoms with Crippen molar-refractivity contribution in [1.29, 1.82) is 0 Å². The first-order chi connectivity index (χ1) is 10.4. The van der Waals surface area contributed by atoms with Gasteiger partial charge in [0.15, 0.2) is 0 Å². The Morgan fingerprint density at radius 3 is 3.05 bits per heavy atom. The van der Waals surface area contributed by atoms with E-state index in [0.29, 0.717) is 12.1 Å². The van der Waals surface area contributed by atoms with E-state index in [1.807, 2.05) is 11.3 Å². The summed E-state index contributed by atoms with van der Waals surface area (Å²) in [6.07, 6.45) is 6.51. The lowest BCUT2D eigenvalue weighted by molar-refractivity contribution is 0.0997. The topological polar surface area (TPSA) is 21.3 Å². The standard InChI is InChI=1S/C18H25NOS/c1-2-11-19-16(10-9-15-7-5-12-20-15)18-13-14-6-3-4-8-17(14)21-18/h3-4,6,8,13,15-16,19H,2,5,7,9-12H2,1H3. The summed E-state index contributed by atoms with van der Waals surface area (Å²) in [6.45, 7) is 4.28. The van der Waals surface area contributed by atoms with E-state index in [2.05, 4.69) is 42.6 Å². The van der Waals surface area contributed by atoms with Gasteiger partial charge in [0.1, 0.15) is 0 Å². The lowest BCUT2D eigenvalue weighted by Gasteiger charge is -2.19. The third-order valence-corrected chi connectivity index (χ3v) is 5.46. The van der Waals surface area contributed by atoms with Gasteiger partial charge in [0.25, 0.3) is 0 Å². The molecule has 114 valence electrons. The van der Waals surface area contributed by atoms with Crippen molar-refractivity contribution in [2.24, 2.45) is 0 Å². The van der Waals surface area contributed by atoms with Crippen LogP contribution in [0.15, 0.2) is 30.3 Å². The van der Waals surface area contributed by atoms with Gasteiger partial charge in [0.2, 0.25) is 0 Å². The average molecular weight is 303 g/mol. The van der Waals surface area contributed by atoms with Crippen molar-refractivity contribution in [3.05, 3.63) is 35.2 Å². The molecular formula is C18H25NOS. The van der Waals surface area contributed by atoms with Gasteiger partial charge in [-0.2, -0.15) is 0 Å². The number of nitrogens with one attached hydrogen (secondary N) is 1. The van der Waals surface area contributed by atoms with Gasteiger partial charge in [0, 0.05) is 22.2 Å². The molecule has 0 saturated carbocycles. The van der Waals surface area contributed by atoms with E-state index in [-0.39, 0.29) is 0 Å². The second-order valence-electron chi connectivity index (χ2n) is 5.91. The van der Waals surface area contributed by atoms with Gasteiger partial charge in [-0.15, -0.1) is 11.3 Å². The minimum atomic E-state index is 0.478. The summed E-state index contributed by atoms with van der Waals surface area (Å²) in [5, 5.41) is 5.10. The lowest BCUT2D eigenvalue weighted by atomic mass is 10.0. The molecule has 0 bridgehead atoms. The predicted octanol–water partition coefficient (Wildman–Crippen LogP) is 4.90. The number of rotatable bonds is 7. The van der Waals surface area contributed by atoms with Crippen LogP contribution in [0.5, 0.6) is 0 Å². The highest BCUT2D eigenvalue weighted by Crippen LogP contribution is 2.33. The number of thiophene rings is 1. The van der Waals surface area contributed by atoms with Gasteiger partial charge >= 0.3 is 0 Å². The molecule has 0 radical (unpaired) electrons. The summed E-state index contributed by atoms with van der Waals surface area (Å²) < 4.78 is 7.17. The zero-order valence-corrected chi connectivity index (χ0v) is 13.6. The first-order valence-electron chi connectivity index (χ1n) is 8.20. The van der Waals surface area contributed by atoms with Crippen LogP contribution in [0.2, 0.25) is 0 Å². The van der Waals surface area contributed by atoms with E-state index in [1.54, 1.807) is 0 Å². The maximum atomic E-state index is 5.78. The largest absolute Gasteiger partial charge is 0.378 e. The van der Waals surface area contributed by atoms with Gasteiger partial charge in [-0.25, -0.2) is 0 Å². The molecule has 2 heterocycles. The van der Waals surface area contributed by atoms with Crippen LogP contribution in [0.4, 0.5) is 0 Å². The molecule has 2 nitrogen and oxygen atoms in total. The molecule has 1 aromatic heterocycles. The van der Waals surface area contributed by atoms with E-state index in [0.717, 1.165) is 13.2 Å². The van der Waals surface area contributed by atoms with Crippen LogP contribution >= 0.6 is 11.3 Å². The van der Waals surface area contributed by atoms with Crippen molar-refractivity contribution in [2.45, 2.75) is 51.2 Å². The van der Waals surface area contributed by atoms with Crippen molar-refractivity contribution >= 4 is 21.4 Å². The molecule has 3 heteroatoms. The van der Waals surface area contributed by atoms with E-state index in [4.69, 9.17) is 4.74 Å². The summed E-state index contributed by atoms with van der Waals surface area (Å²) in [5.74, 6) is 0. The minimum Gasteiger partial charge on any atom is -0.378 e. The monoisotopic (exact) mass is 303 g/mol. The summed E-state index contributed by atoms with van der Waals surface area (Å²) in [4.78, 5) is 1.47. The Labute approximate surface area is 131 Å². The van der Waals surface area contributed by atoms with Crippen molar-refractivity contribution in [2.75, 3.05) is 13.2 Å². The van der Waals surface area contributed by atoms with E-state index in [9.17, 15) is 0 Å². The van der Waals surface area contributed by atoms with Gasteiger partial charge in [-0.1, -0.05) is 25.1 Å². The SMILES string of the molecule is CCCNC(CCC1CCCO1)c1cc2ccccc2s1. The van der Waals surface area contributed by atoms with Crippen LogP contribution < -0.4 is 5.32 Å². The minimum absolute atomic E-state index is 0.478. The van der Waals surface area contributed by atoms with Gasteiger partial charge in [-0.3, -0.25) is 0 Å². The third kappa shape index (κ3) is 3.85. The Kier molecular flexibility index (Phi) is 5.28. The normalized spacial score (nSPS) is 20.1. The maximum Gasteiger partial charge on any atom is 0.0576 e. The summed E-state index contributed by atoms with van der Waals surface area (Å²) in [5.41, 5.74) is 0. The van der Waals surface area contributed by atoms with Gasteiger partial charge in [0.05, 0.1) is 6.10 Å². The molecule has 1 aliphatic rings. The average Bonchev–Trinajstić information content (AvgIpc) is 3.16. The fourth-order valence-corrected chi connectivity index (χ4v) is 4.24. The number of fused-ring (bicyclic) bond motifs is 1. The van der Waals surface area contributed by atoms with Crippen molar-refractivity contribution in [1.82, 2.24) is 5.32 Å². The number of hydrogen-bond acceptors (Lipinski definition) is 3. The van der Waals surface area contributed by atoms with Crippen molar-refractivity contribution in [3.63, 3.8) is 0 Å². The number of benzene rings is 1. The van der Waals surface area contributed by atoms with E-state index >= 15 is 0 Å². The lowest BCUT2D eigenvalue weighted by Crippen LogP contribution is -2.22. The Morgan fingerprint density at radius 2 is 2.29 bits per heavy atom. The predicted molar refractivity (Wildman–Crippen MR) is 91.1 cm³/mol. The molecule has 21 heavy (non-hydrogen) atoms. The van der Waals surface area contributed by atoms with E-state index in [1.165, 1.54) is 47.1 Å². The highest BCUT2D eigenvalue weighted by molar-refractivity contribution is 7.19.